The summed E-state index contributed by atoms with van der Waals surface area (Å²) < 4.78 is 28.0. The topological polar surface area (TPSA) is 78.5 Å². The summed E-state index contributed by atoms with van der Waals surface area (Å²) in [4.78, 5) is 14.4. The molecule has 0 unspecified atom stereocenters. The Kier molecular flexibility index (Phi) is 6.98. The molecule has 7 heteroatoms. The number of nitrogens with zero attached hydrogens (tertiary/aromatic N) is 1. The summed E-state index contributed by atoms with van der Waals surface area (Å²) >= 11 is 0. The quantitative estimate of drug-likeness (QED) is 0.681. The molecule has 0 aliphatic rings. The van der Waals surface area contributed by atoms with Crippen molar-refractivity contribution in [2.45, 2.75) is 25.2 Å². The van der Waals surface area contributed by atoms with E-state index in [1.807, 2.05) is 45.0 Å². The first-order valence-electron chi connectivity index (χ1n) is 8.82. The molecule has 0 aliphatic carbocycles. The molecule has 0 aliphatic heterocycles. The van der Waals surface area contributed by atoms with E-state index in [1.165, 1.54) is 12.1 Å². The maximum atomic E-state index is 12.7. The summed E-state index contributed by atoms with van der Waals surface area (Å²) in [5, 5.41) is 2.82. The van der Waals surface area contributed by atoms with E-state index in [-0.39, 0.29) is 10.8 Å². The van der Waals surface area contributed by atoms with Gasteiger partial charge in [-0.05, 0) is 70.7 Å². The molecule has 2 N–H and O–H groups in total. The van der Waals surface area contributed by atoms with Crippen LogP contribution in [-0.2, 0) is 10.0 Å². The van der Waals surface area contributed by atoms with Gasteiger partial charge in [-0.3, -0.25) is 9.52 Å². The fourth-order valence-corrected chi connectivity index (χ4v) is 3.81. The Morgan fingerprint density at radius 2 is 1.81 bits per heavy atom. The number of aryl methyl sites for hydroxylation is 2. The summed E-state index contributed by atoms with van der Waals surface area (Å²) in [6.07, 6.45) is 0.824. The van der Waals surface area contributed by atoms with Gasteiger partial charge in [0, 0.05) is 12.1 Å². The molecule has 0 spiro atoms. The van der Waals surface area contributed by atoms with Gasteiger partial charge >= 0.3 is 0 Å². The Labute approximate surface area is 161 Å². The molecule has 0 radical (unpaired) electrons. The fourth-order valence-electron chi connectivity index (χ4n) is 2.64. The van der Waals surface area contributed by atoms with Crippen LogP contribution in [0.5, 0.6) is 0 Å². The van der Waals surface area contributed by atoms with Gasteiger partial charge in [-0.2, -0.15) is 0 Å². The number of carbonyl (C=O) groups excluding carboxylic acids is 1. The second-order valence-electron chi connectivity index (χ2n) is 6.86. The zero-order valence-corrected chi connectivity index (χ0v) is 17.1. The van der Waals surface area contributed by atoms with Crippen LogP contribution >= 0.6 is 0 Å². The van der Waals surface area contributed by atoms with E-state index in [2.05, 4.69) is 10.0 Å². The Bertz CT molecular complexity index is 908. The smallest absolute Gasteiger partial charge is 0.261 e. The van der Waals surface area contributed by atoms with E-state index in [1.54, 1.807) is 18.2 Å². The largest absolute Gasteiger partial charge is 0.352 e. The van der Waals surface area contributed by atoms with Crippen LogP contribution in [0.15, 0.2) is 47.4 Å². The molecule has 0 bridgehead atoms. The summed E-state index contributed by atoms with van der Waals surface area (Å²) in [6.45, 7) is 5.21. The second kappa shape index (κ2) is 9.01. The fraction of sp³-hybridized carbons (Fsp3) is 0.350. The first kappa shape index (κ1) is 20.9. The van der Waals surface area contributed by atoms with E-state index in [4.69, 9.17) is 0 Å². The third-order valence-electron chi connectivity index (χ3n) is 4.10. The lowest BCUT2D eigenvalue weighted by molar-refractivity contribution is 0.0952. The van der Waals surface area contributed by atoms with Crippen molar-refractivity contribution in [3.8, 4) is 0 Å². The third-order valence-corrected chi connectivity index (χ3v) is 5.46. The highest BCUT2D eigenvalue weighted by atomic mass is 32.2. The molecule has 0 atom stereocenters. The molecule has 6 nitrogen and oxygen atoms in total. The Morgan fingerprint density at radius 3 is 2.48 bits per heavy atom. The SMILES string of the molecule is Cc1ccc(NS(=O)(=O)c2cccc(C(=O)NCCCN(C)C)c2)c(C)c1. The van der Waals surface area contributed by atoms with E-state index < -0.39 is 10.0 Å². The van der Waals surface area contributed by atoms with Crippen LogP contribution in [0.3, 0.4) is 0 Å². The lowest BCUT2D eigenvalue weighted by Crippen LogP contribution is -2.27. The van der Waals surface area contributed by atoms with Gasteiger partial charge in [-0.1, -0.05) is 23.8 Å². The second-order valence-corrected chi connectivity index (χ2v) is 8.55. The molecule has 1 amide bonds. The van der Waals surface area contributed by atoms with Gasteiger partial charge in [0.1, 0.15) is 0 Å². The van der Waals surface area contributed by atoms with Crippen LogP contribution in [0.1, 0.15) is 27.9 Å². The maximum Gasteiger partial charge on any atom is 0.261 e. The molecule has 27 heavy (non-hydrogen) atoms. The molecule has 0 aromatic heterocycles. The minimum atomic E-state index is -3.78. The van der Waals surface area contributed by atoms with E-state index in [0.717, 1.165) is 24.1 Å². The molecule has 0 fully saturated rings. The average molecular weight is 390 g/mol. The van der Waals surface area contributed by atoms with Gasteiger partial charge in [-0.15, -0.1) is 0 Å². The van der Waals surface area contributed by atoms with Crippen LogP contribution in [-0.4, -0.2) is 46.4 Å². The summed E-state index contributed by atoms with van der Waals surface area (Å²) in [5.74, 6) is -0.280. The van der Waals surface area contributed by atoms with Crippen molar-refractivity contribution in [2.24, 2.45) is 0 Å². The van der Waals surface area contributed by atoms with E-state index in [9.17, 15) is 13.2 Å². The zero-order chi connectivity index (χ0) is 20.0. The zero-order valence-electron chi connectivity index (χ0n) is 16.2. The minimum absolute atomic E-state index is 0.0587. The van der Waals surface area contributed by atoms with Crippen molar-refractivity contribution in [3.05, 3.63) is 59.2 Å². The van der Waals surface area contributed by atoms with Crippen LogP contribution in [0.25, 0.3) is 0 Å². The van der Waals surface area contributed by atoms with Gasteiger partial charge < -0.3 is 10.2 Å². The lowest BCUT2D eigenvalue weighted by Gasteiger charge is -2.12. The highest BCUT2D eigenvalue weighted by Gasteiger charge is 2.17. The molecule has 2 rings (SSSR count). The van der Waals surface area contributed by atoms with E-state index in [0.29, 0.717) is 17.8 Å². The van der Waals surface area contributed by atoms with Crippen molar-refractivity contribution >= 4 is 21.6 Å². The van der Waals surface area contributed by atoms with Gasteiger partial charge in [0.25, 0.3) is 15.9 Å². The van der Waals surface area contributed by atoms with Crippen LogP contribution in [0.2, 0.25) is 0 Å². The summed E-state index contributed by atoms with van der Waals surface area (Å²) in [5.41, 5.74) is 2.75. The highest BCUT2D eigenvalue weighted by Crippen LogP contribution is 2.21. The predicted molar refractivity (Wildman–Crippen MR) is 109 cm³/mol. The number of nitrogens with one attached hydrogen (secondary N) is 2. The normalized spacial score (nSPS) is 11.4. The van der Waals surface area contributed by atoms with Gasteiger partial charge in [0.15, 0.2) is 0 Å². The monoisotopic (exact) mass is 389 g/mol. The van der Waals surface area contributed by atoms with Crippen LogP contribution in [0, 0.1) is 13.8 Å². The van der Waals surface area contributed by atoms with Crippen molar-refractivity contribution in [1.82, 2.24) is 10.2 Å². The molecule has 0 heterocycles. The number of hydrogen-bond donors (Lipinski definition) is 2. The van der Waals surface area contributed by atoms with E-state index >= 15 is 0 Å². The first-order chi connectivity index (χ1) is 12.7. The van der Waals surface area contributed by atoms with Crippen molar-refractivity contribution < 1.29 is 13.2 Å². The number of rotatable bonds is 8. The van der Waals surface area contributed by atoms with Gasteiger partial charge in [0.05, 0.1) is 10.6 Å². The highest BCUT2D eigenvalue weighted by molar-refractivity contribution is 7.92. The predicted octanol–water partition coefficient (Wildman–Crippen LogP) is 2.79. The molecule has 0 saturated carbocycles. The minimum Gasteiger partial charge on any atom is -0.352 e. The lowest BCUT2D eigenvalue weighted by atomic mass is 10.1. The van der Waals surface area contributed by atoms with Gasteiger partial charge in [-0.25, -0.2) is 8.42 Å². The van der Waals surface area contributed by atoms with Crippen molar-refractivity contribution in [1.29, 1.82) is 0 Å². The number of hydrogen-bond acceptors (Lipinski definition) is 4. The summed E-state index contributed by atoms with van der Waals surface area (Å²) in [7, 11) is 0.165. The Hall–Kier alpha value is -2.38. The van der Waals surface area contributed by atoms with Crippen LogP contribution in [0.4, 0.5) is 5.69 Å². The van der Waals surface area contributed by atoms with Crippen LogP contribution < -0.4 is 10.0 Å². The van der Waals surface area contributed by atoms with Crippen molar-refractivity contribution in [2.75, 3.05) is 31.9 Å². The molecule has 146 valence electrons. The average Bonchev–Trinajstić information content (AvgIpc) is 2.61. The number of amides is 1. The molecule has 0 saturated heterocycles. The van der Waals surface area contributed by atoms with Gasteiger partial charge in [0.2, 0.25) is 0 Å². The molecule has 2 aromatic carbocycles. The molecule has 2 aromatic rings. The number of benzene rings is 2. The Morgan fingerprint density at radius 1 is 1.07 bits per heavy atom. The number of sulfonamides is 1. The molecular formula is C20H27N3O3S. The molecular weight excluding hydrogens is 362 g/mol. The Balaban J connectivity index is 2.11. The first-order valence-corrected chi connectivity index (χ1v) is 10.3. The summed E-state index contributed by atoms with van der Waals surface area (Å²) in [6, 6.07) is 11.6. The van der Waals surface area contributed by atoms with Crippen molar-refractivity contribution in [3.63, 3.8) is 0 Å². The maximum absolute atomic E-state index is 12.7. The third kappa shape index (κ3) is 6.08. The number of carbonyl (C=O) groups is 1. The standard InChI is InChI=1S/C20H27N3O3S/c1-15-9-10-19(16(2)13-15)22-27(25,26)18-8-5-7-17(14-18)20(24)21-11-6-12-23(3)4/h5,7-10,13-14,22H,6,11-12H2,1-4H3,(H,21,24). The number of anilines is 1.